The van der Waals surface area contributed by atoms with Crippen molar-refractivity contribution in [1.29, 1.82) is 0 Å². The Balaban J connectivity index is 1.32. The predicted molar refractivity (Wildman–Crippen MR) is 121 cm³/mol. The number of nitrogens with one attached hydrogen (secondary N) is 1. The van der Waals surface area contributed by atoms with Gasteiger partial charge in [-0.2, -0.15) is 13.2 Å². The number of hydrogen-bond acceptors (Lipinski definition) is 4. The molecule has 0 radical (unpaired) electrons. The quantitative estimate of drug-likeness (QED) is 0.595. The van der Waals surface area contributed by atoms with Crippen molar-refractivity contribution in [3.63, 3.8) is 0 Å². The highest BCUT2D eigenvalue weighted by molar-refractivity contribution is 5.89. The van der Waals surface area contributed by atoms with Gasteiger partial charge in [-0.3, -0.25) is 0 Å². The molecule has 9 heteroatoms. The van der Waals surface area contributed by atoms with Crippen LogP contribution < -0.4 is 10.2 Å². The van der Waals surface area contributed by atoms with Crippen molar-refractivity contribution >= 4 is 17.5 Å². The fraction of sp³-hybridized carbons (Fsp3) is 0.292. The van der Waals surface area contributed by atoms with Gasteiger partial charge in [0.1, 0.15) is 0 Å². The minimum Gasteiger partial charge on any atom is -0.352 e. The number of nitrogens with zero attached hydrogens (tertiary/aromatic N) is 4. The average Bonchev–Trinajstić information content (AvgIpc) is 2.81. The van der Waals surface area contributed by atoms with E-state index in [0.29, 0.717) is 31.9 Å². The van der Waals surface area contributed by atoms with Crippen molar-refractivity contribution < 1.29 is 18.0 Å². The molecular weight excluding hydrogens is 431 g/mol. The van der Waals surface area contributed by atoms with Crippen molar-refractivity contribution in [3.8, 4) is 11.3 Å². The van der Waals surface area contributed by atoms with Crippen LogP contribution in [0.25, 0.3) is 11.3 Å². The van der Waals surface area contributed by atoms with Crippen LogP contribution in [0.4, 0.5) is 29.5 Å². The second-order valence-corrected chi connectivity index (χ2v) is 8.06. The number of carbonyl (C=O) groups excluding carboxylic acids is 1. The molecule has 0 aliphatic carbocycles. The number of rotatable bonds is 3. The van der Waals surface area contributed by atoms with E-state index in [1.807, 2.05) is 18.2 Å². The van der Waals surface area contributed by atoms with Crippen molar-refractivity contribution in [2.24, 2.45) is 0 Å². The lowest BCUT2D eigenvalue weighted by Gasteiger charge is -2.35. The van der Waals surface area contributed by atoms with Gasteiger partial charge in [-0.25, -0.2) is 4.79 Å². The molecule has 172 valence electrons. The van der Waals surface area contributed by atoms with Crippen LogP contribution in [0.15, 0.2) is 54.6 Å². The van der Waals surface area contributed by atoms with Crippen molar-refractivity contribution in [2.75, 3.05) is 36.4 Å². The van der Waals surface area contributed by atoms with Crippen LogP contribution in [0.2, 0.25) is 0 Å². The zero-order chi connectivity index (χ0) is 23.6. The number of benzene rings is 2. The highest BCUT2D eigenvalue weighted by Crippen LogP contribution is 2.30. The Morgan fingerprint density at radius 2 is 1.58 bits per heavy atom. The number of alkyl halides is 3. The summed E-state index contributed by atoms with van der Waals surface area (Å²) in [4.78, 5) is 16.2. The minimum atomic E-state index is -4.40. The molecule has 0 bridgehead atoms. The molecule has 0 saturated carbocycles. The first-order valence-electron chi connectivity index (χ1n) is 10.6. The molecule has 1 aromatic heterocycles. The van der Waals surface area contributed by atoms with E-state index in [2.05, 4.69) is 46.4 Å². The molecule has 2 amide bonds. The lowest BCUT2D eigenvalue weighted by atomic mass is 10.0. The first-order chi connectivity index (χ1) is 15.7. The molecule has 2 aromatic carbocycles. The van der Waals surface area contributed by atoms with Gasteiger partial charge in [-0.15, -0.1) is 10.2 Å². The van der Waals surface area contributed by atoms with Crippen LogP contribution in [0.1, 0.15) is 16.7 Å². The van der Waals surface area contributed by atoms with E-state index in [1.54, 1.807) is 4.90 Å². The first kappa shape index (κ1) is 22.6. The van der Waals surface area contributed by atoms with Gasteiger partial charge in [-0.05, 0) is 67.4 Å². The summed E-state index contributed by atoms with van der Waals surface area (Å²) in [6, 6.07) is 14.1. The van der Waals surface area contributed by atoms with E-state index < -0.39 is 11.7 Å². The highest BCUT2D eigenvalue weighted by Gasteiger charge is 2.30. The monoisotopic (exact) mass is 455 g/mol. The van der Waals surface area contributed by atoms with Gasteiger partial charge in [-0.1, -0.05) is 12.1 Å². The van der Waals surface area contributed by atoms with E-state index >= 15 is 0 Å². The zero-order valence-electron chi connectivity index (χ0n) is 18.4. The second-order valence-electron chi connectivity index (χ2n) is 8.06. The molecule has 0 spiro atoms. The number of amides is 2. The third kappa shape index (κ3) is 5.24. The zero-order valence-corrected chi connectivity index (χ0v) is 18.4. The number of halogens is 3. The smallest absolute Gasteiger partial charge is 0.352 e. The molecule has 1 aliphatic heterocycles. The summed E-state index contributed by atoms with van der Waals surface area (Å²) in [5.74, 6) is 0.741. The predicted octanol–water partition coefficient (Wildman–Crippen LogP) is 5.13. The number of hydrogen-bond donors (Lipinski definition) is 1. The number of piperazine rings is 1. The van der Waals surface area contributed by atoms with Crippen LogP contribution in [0.3, 0.4) is 0 Å². The topological polar surface area (TPSA) is 61.4 Å². The molecule has 33 heavy (non-hydrogen) atoms. The molecule has 4 rings (SSSR count). The van der Waals surface area contributed by atoms with Gasteiger partial charge >= 0.3 is 12.2 Å². The van der Waals surface area contributed by atoms with Gasteiger partial charge in [0.2, 0.25) is 0 Å². The number of carbonyl (C=O) groups is 1. The van der Waals surface area contributed by atoms with Crippen molar-refractivity contribution in [1.82, 2.24) is 15.1 Å². The van der Waals surface area contributed by atoms with Crippen LogP contribution in [-0.4, -0.2) is 47.3 Å². The van der Waals surface area contributed by atoms with Crippen molar-refractivity contribution in [3.05, 3.63) is 71.3 Å². The van der Waals surface area contributed by atoms with E-state index in [0.717, 1.165) is 29.2 Å². The summed E-state index contributed by atoms with van der Waals surface area (Å²) >= 11 is 0. The molecular formula is C24H24F3N5O. The Hall–Kier alpha value is -3.62. The molecule has 1 N–H and O–H groups in total. The van der Waals surface area contributed by atoms with Gasteiger partial charge < -0.3 is 15.1 Å². The van der Waals surface area contributed by atoms with E-state index in [-0.39, 0.29) is 6.03 Å². The molecule has 0 atom stereocenters. The Bertz CT molecular complexity index is 1120. The lowest BCUT2D eigenvalue weighted by Crippen LogP contribution is -2.50. The minimum absolute atomic E-state index is 0.322. The third-order valence-corrected chi connectivity index (χ3v) is 5.81. The molecule has 1 aliphatic rings. The van der Waals surface area contributed by atoms with Gasteiger partial charge in [0.15, 0.2) is 5.82 Å². The fourth-order valence-electron chi connectivity index (χ4n) is 3.63. The van der Waals surface area contributed by atoms with Crippen LogP contribution in [0, 0.1) is 13.8 Å². The molecule has 1 saturated heterocycles. The Labute approximate surface area is 190 Å². The van der Waals surface area contributed by atoms with E-state index in [4.69, 9.17) is 0 Å². The van der Waals surface area contributed by atoms with E-state index in [1.165, 1.54) is 23.3 Å². The molecule has 1 fully saturated rings. The fourth-order valence-corrected chi connectivity index (χ4v) is 3.63. The first-order valence-corrected chi connectivity index (χ1v) is 10.6. The second kappa shape index (κ2) is 9.09. The summed E-state index contributed by atoms with van der Waals surface area (Å²) in [6.45, 7) is 6.22. The largest absolute Gasteiger partial charge is 0.416 e. The SMILES string of the molecule is Cc1ccc(-c2ccc(N3CCN(C(=O)Nc4ccc(C(F)(F)F)cc4)CC3)nn2)cc1C. The maximum atomic E-state index is 12.7. The van der Waals surface area contributed by atoms with Gasteiger partial charge in [0.05, 0.1) is 11.3 Å². The summed E-state index contributed by atoms with van der Waals surface area (Å²) in [7, 11) is 0. The standard InChI is InChI=1S/C24H24F3N5O/c1-16-3-4-18(15-17(16)2)21-9-10-22(30-29-21)31-11-13-32(14-12-31)23(33)28-20-7-5-19(6-8-20)24(25,26)27/h3-10,15H,11-14H2,1-2H3,(H,28,33). The lowest BCUT2D eigenvalue weighted by molar-refractivity contribution is -0.137. The Morgan fingerprint density at radius 1 is 0.879 bits per heavy atom. The van der Waals surface area contributed by atoms with Gasteiger partial charge in [0, 0.05) is 37.4 Å². The molecule has 6 nitrogen and oxygen atoms in total. The summed E-state index contributed by atoms with van der Waals surface area (Å²) in [5.41, 5.74) is 3.81. The normalized spacial score (nSPS) is 14.3. The summed E-state index contributed by atoms with van der Waals surface area (Å²) in [5, 5.41) is 11.4. The summed E-state index contributed by atoms with van der Waals surface area (Å²) in [6.07, 6.45) is -4.40. The van der Waals surface area contributed by atoms with E-state index in [9.17, 15) is 18.0 Å². The number of urea groups is 1. The van der Waals surface area contributed by atoms with Crippen LogP contribution in [-0.2, 0) is 6.18 Å². The third-order valence-electron chi connectivity index (χ3n) is 5.81. The van der Waals surface area contributed by atoms with Crippen LogP contribution >= 0.6 is 0 Å². The maximum absolute atomic E-state index is 12.7. The molecule has 2 heterocycles. The molecule has 3 aromatic rings. The molecule has 0 unspecified atom stereocenters. The highest BCUT2D eigenvalue weighted by atomic mass is 19.4. The number of aromatic nitrogens is 2. The van der Waals surface area contributed by atoms with Crippen molar-refractivity contribution in [2.45, 2.75) is 20.0 Å². The Kier molecular flexibility index (Phi) is 6.22. The number of aryl methyl sites for hydroxylation is 2. The number of anilines is 2. The summed E-state index contributed by atoms with van der Waals surface area (Å²) < 4.78 is 38.0. The maximum Gasteiger partial charge on any atom is 0.416 e. The average molecular weight is 455 g/mol. The van der Waals surface area contributed by atoms with Gasteiger partial charge in [0.25, 0.3) is 0 Å². The van der Waals surface area contributed by atoms with Crippen LogP contribution in [0.5, 0.6) is 0 Å². The Morgan fingerprint density at radius 3 is 2.15 bits per heavy atom.